The summed E-state index contributed by atoms with van der Waals surface area (Å²) in [7, 11) is 0. The maximum atomic E-state index is 9.19. The third kappa shape index (κ3) is 1.04. The van der Waals surface area contributed by atoms with Crippen molar-refractivity contribution in [2.24, 2.45) is 5.73 Å². The molecule has 0 saturated carbocycles. The standard InChI is InChI=1S/C9H9N2O/c10-9-7-4-2-1-3-6(7)5-8(12)11-9/h1,3-5,9,11-12H,10H2. The first-order valence-corrected chi connectivity index (χ1v) is 3.70. The number of hydrogen-bond donors (Lipinski definition) is 3. The average Bonchev–Trinajstić information content (AvgIpc) is 2.04. The smallest absolute Gasteiger partial charge is 0.186 e. The Hall–Kier alpha value is -1.48. The first-order chi connectivity index (χ1) is 5.77. The maximum absolute atomic E-state index is 9.19. The number of aliphatic hydroxyl groups excluding tert-OH is 1. The van der Waals surface area contributed by atoms with Crippen molar-refractivity contribution in [2.45, 2.75) is 6.17 Å². The Morgan fingerprint density at radius 2 is 2.42 bits per heavy atom. The van der Waals surface area contributed by atoms with E-state index in [1.807, 2.05) is 12.1 Å². The first-order valence-electron chi connectivity index (χ1n) is 3.70. The number of nitrogens with two attached hydrogens (primary N) is 1. The molecular weight excluding hydrogens is 152 g/mol. The third-order valence-corrected chi connectivity index (χ3v) is 1.86. The minimum absolute atomic E-state index is 0.112. The van der Waals surface area contributed by atoms with Crippen LogP contribution in [0.2, 0.25) is 0 Å². The summed E-state index contributed by atoms with van der Waals surface area (Å²) < 4.78 is 0. The van der Waals surface area contributed by atoms with Crippen molar-refractivity contribution in [1.29, 1.82) is 0 Å². The summed E-state index contributed by atoms with van der Waals surface area (Å²) in [5, 5.41) is 11.9. The van der Waals surface area contributed by atoms with Crippen LogP contribution in [0.5, 0.6) is 0 Å². The Bertz CT molecular complexity index is 333. The summed E-state index contributed by atoms with van der Waals surface area (Å²) in [4.78, 5) is 0. The molecule has 1 aliphatic rings. The molecule has 0 saturated heterocycles. The van der Waals surface area contributed by atoms with E-state index in [2.05, 4.69) is 11.4 Å². The van der Waals surface area contributed by atoms with Gasteiger partial charge < -0.3 is 16.2 Å². The Morgan fingerprint density at radius 3 is 3.25 bits per heavy atom. The van der Waals surface area contributed by atoms with Crippen LogP contribution in [-0.2, 0) is 0 Å². The molecule has 1 unspecified atom stereocenters. The second kappa shape index (κ2) is 2.53. The summed E-state index contributed by atoms with van der Waals surface area (Å²) in [6.07, 6.45) is 1.31. The molecule has 2 rings (SSSR count). The predicted molar refractivity (Wildman–Crippen MR) is 45.9 cm³/mol. The molecule has 1 aromatic carbocycles. The molecule has 4 N–H and O–H groups in total. The minimum atomic E-state index is -0.331. The zero-order valence-electron chi connectivity index (χ0n) is 6.41. The van der Waals surface area contributed by atoms with Crippen LogP contribution < -0.4 is 11.1 Å². The summed E-state index contributed by atoms with van der Waals surface area (Å²) in [6.45, 7) is 0. The lowest BCUT2D eigenvalue weighted by Crippen LogP contribution is -2.31. The van der Waals surface area contributed by atoms with Crippen LogP contribution in [-0.4, -0.2) is 5.11 Å². The first kappa shape index (κ1) is 7.18. The van der Waals surface area contributed by atoms with E-state index in [9.17, 15) is 5.11 Å². The molecule has 0 bridgehead atoms. The summed E-state index contributed by atoms with van der Waals surface area (Å²) in [5.74, 6) is 0.112. The molecule has 61 valence electrons. The largest absolute Gasteiger partial charge is 0.495 e. The molecular formula is C9H9N2O. The highest BCUT2D eigenvalue weighted by Crippen LogP contribution is 2.20. The number of fused-ring (bicyclic) bond motifs is 1. The highest BCUT2D eigenvalue weighted by Gasteiger charge is 2.14. The van der Waals surface area contributed by atoms with Crippen LogP contribution in [0.25, 0.3) is 6.08 Å². The van der Waals surface area contributed by atoms with Gasteiger partial charge in [0.2, 0.25) is 0 Å². The average molecular weight is 161 g/mol. The van der Waals surface area contributed by atoms with Crippen LogP contribution in [0.15, 0.2) is 24.1 Å². The monoisotopic (exact) mass is 161 g/mol. The van der Waals surface area contributed by atoms with E-state index in [1.165, 1.54) is 0 Å². The van der Waals surface area contributed by atoms with Gasteiger partial charge in [-0.05, 0) is 23.3 Å². The quantitative estimate of drug-likeness (QED) is 0.530. The van der Waals surface area contributed by atoms with Gasteiger partial charge in [-0.2, -0.15) is 0 Å². The van der Waals surface area contributed by atoms with E-state index in [1.54, 1.807) is 12.1 Å². The van der Waals surface area contributed by atoms with Crippen molar-refractivity contribution in [1.82, 2.24) is 5.32 Å². The Balaban J connectivity index is 2.55. The Kier molecular flexibility index (Phi) is 1.52. The van der Waals surface area contributed by atoms with Crippen molar-refractivity contribution in [3.8, 4) is 0 Å². The van der Waals surface area contributed by atoms with Gasteiger partial charge in [-0.3, -0.25) is 0 Å². The van der Waals surface area contributed by atoms with Crippen LogP contribution in [0.1, 0.15) is 17.3 Å². The van der Waals surface area contributed by atoms with E-state index in [0.29, 0.717) is 0 Å². The van der Waals surface area contributed by atoms with Gasteiger partial charge in [0, 0.05) is 6.08 Å². The highest BCUT2D eigenvalue weighted by molar-refractivity contribution is 5.58. The van der Waals surface area contributed by atoms with Gasteiger partial charge in [0.15, 0.2) is 5.88 Å². The van der Waals surface area contributed by atoms with E-state index in [0.717, 1.165) is 11.1 Å². The van der Waals surface area contributed by atoms with Crippen LogP contribution in [0.4, 0.5) is 0 Å². The van der Waals surface area contributed by atoms with Crippen molar-refractivity contribution in [3.05, 3.63) is 41.3 Å². The van der Waals surface area contributed by atoms with E-state index in [-0.39, 0.29) is 12.0 Å². The lowest BCUT2D eigenvalue weighted by Gasteiger charge is -2.21. The number of nitrogens with one attached hydrogen (secondary N) is 1. The Morgan fingerprint density at radius 1 is 1.58 bits per heavy atom. The predicted octanol–water partition coefficient (Wildman–Crippen LogP) is 0.904. The van der Waals surface area contributed by atoms with Crippen LogP contribution in [0.3, 0.4) is 0 Å². The van der Waals surface area contributed by atoms with Gasteiger partial charge in [-0.25, -0.2) is 0 Å². The molecule has 0 amide bonds. The van der Waals surface area contributed by atoms with Gasteiger partial charge in [0.1, 0.15) is 6.17 Å². The second-order valence-electron chi connectivity index (χ2n) is 2.71. The zero-order chi connectivity index (χ0) is 8.55. The van der Waals surface area contributed by atoms with Crippen LogP contribution in [0, 0.1) is 6.07 Å². The van der Waals surface area contributed by atoms with Crippen molar-refractivity contribution < 1.29 is 5.11 Å². The van der Waals surface area contributed by atoms with Gasteiger partial charge >= 0.3 is 0 Å². The number of benzene rings is 1. The van der Waals surface area contributed by atoms with E-state index < -0.39 is 0 Å². The topological polar surface area (TPSA) is 58.3 Å². The molecule has 1 aliphatic heterocycles. The van der Waals surface area contributed by atoms with E-state index in [4.69, 9.17) is 5.73 Å². The Labute approximate surface area is 70.5 Å². The molecule has 1 heterocycles. The summed E-state index contributed by atoms with van der Waals surface area (Å²) in [6, 6.07) is 8.41. The SMILES string of the molecule is NC1NC(O)=Cc2cc[c]cc21. The minimum Gasteiger partial charge on any atom is -0.495 e. The third-order valence-electron chi connectivity index (χ3n) is 1.86. The lowest BCUT2D eigenvalue weighted by atomic mass is 10.0. The molecule has 0 spiro atoms. The molecule has 3 nitrogen and oxygen atoms in total. The van der Waals surface area contributed by atoms with Gasteiger partial charge in [0.25, 0.3) is 0 Å². The highest BCUT2D eigenvalue weighted by atomic mass is 16.3. The van der Waals surface area contributed by atoms with Crippen molar-refractivity contribution >= 4 is 6.08 Å². The van der Waals surface area contributed by atoms with Gasteiger partial charge in [-0.15, -0.1) is 0 Å². The fraction of sp³-hybridized carbons (Fsp3) is 0.111. The van der Waals surface area contributed by atoms with E-state index >= 15 is 0 Å². The summed E-state index contributed by atoms with van der Waals surface area (Å²) >= 11 is 0. The van der Waals surface area contributed by atoms with Crippen molar-refractivity contribution in [2.75, 3.05) is 0 Å². The van der Waals surface area contributed by atoms with Crippen LogP contribution >= 0.6 is 0 Å². The normalized spacial score (nSPS) is 20.8. The molecule has 0 aromatic heterocycles. The fourth-order valence-electron chi connectivity index (χ4n) is 1.28. The second-order valence-corrected chi connectivity index (χ2v) is 2.71. The molecule has 1 radical (unpaired) electrons. The molecule has 0 aliphatic carbocycles. The van der Waals surface area contributed by atoms with Crippen molar-refractivity contribution in [3.63, 3.8) is 0 Å². The molecule has 3 heteroatoms. The fourth-order valence-corrected chi connectivity index (χ4v) is 1.28. The molecule has 1 atom stereocenters. The number of hydrogen-bond acceptors (Lipinski definition) is 3. The lowest BCUT2D eigenvalue weighted by molar-refractivity contribution is 0.344. The number of rotatable bonds is 0. The zero-order valence-corrected chi connectivity index (χ0v) is 6.41. The number of aliphatic hydroxyl groups is 1. The molecule has 0 fully saturated rings. The maximum Gasteiger partial charge on any atom is 0.186 e. The van der Waals surface area contributed by atoms with Gasteiger partial charge in [-0.1, -0.05) is 12.1 Å². The van der Waals surface area contributed by atoms with Gasteiger partial charge in [0.05, 0.1) is 0 Å². The molecule has 12 heavy (non-hydrogen) atoms. The summed E-state index contributed by atoms with van der Waals surface area (Å²) in [5.41, 5.74) is 7.60. The molecule has 1 aromatic rings.